The van der Waals surface area contributed by atoms with E-state index in [1.54, 1.807) is 0 Å². The zero-order chi connectivity index (χ0) is 27.7. The summed E-state index contributed by atoms with van der Waals surface area (Å²) in [6.07, 6.45) is 3.93. The average molecular weight is 541 g/mol. The molecule has 0 spiro atoms. The first-order chi connectivity index (χ1) is 18.8. The van der Waals surface area contributed by atoms with E-state index in [4.69, 9.17) is 9.72 Å². The van der Waals surface area contributed by atoms with Gasteiger partial charge >= 0.3 is 5.97 Å². The summed E-state index contributed by atoms with van der Waals surface area (Å²) in [5.41, 5.74) is 6.88. The van der Waals surface area contributed by atoms with Crippen LogP contribution in [0.4, 0.5) is 5.00 Å². The molecule has 0 saturated heterocycles. The van der Waals surface area contributed by atoms with Crippen LogP contribution in [0.1, 0.15) is 88.7 Å². The molecule has 0 saturated carbocycles. The summed E-state index contributed by atoms with van der Waals surface area (Å²) >= 11 is 1.52. The van der Waals surface area contributed by atoms with Crippen molar-refractivity contribution in [3.05, 3.63) is 81.2 Å². The van der Waals surface area contributed by atoms with Crippen LogP contribution in [0.3, 0.4) is 0 Å². The molecule has 1 unspecified atom stereocenters. The first-order valence-electron chi connectivity index (χ1n) is 13.9. The fourth-order valence-electron chi connectivity index (χ4n) is 5.39. The third kappa shape index (κ3) is 5.48. The number of thiophene rings is 1. The van der Waals surface area contributed by atoms with Crippen molar-refractivity contribution in [1.82, 2.24) is 4.98 Å². The maximum atomic E-state index is 13.9. The molecule has 4 aromatic rings. The standard InChI is InChI=1S/C33H36N2O3S/c1-6-21-9-14-24-29(17-21)39-32(30(24)33(37)38-7-2)35-31(36)26-18-28(23-12-10-22(11-13-23)19(3)4)34-27-15-8-20(5)16-25(26)27/h8,10-13,15-16,18-19,21H,6-7,9,14,17H2,1-5H3,(H,35,36). The molecule has 0 radical (unpaired) electrons. The molecule has 5 rings (SSSR count). The van der Waals surface area contributed by atoms with Gasteiger partial charge in [0.2, 0.25) is 0 Å². The van der Waals surface area contributed by atoms with Gasteiger partial charge in [-0.1, -0.05) is 63.1 Å². The number of benzene rings is 2. The Morgan fingerprint density at radius 3 is 2.56 bits per heavy atom. The van der Waals surface area contributed by atoms with Gasteiger partial charge in [-0.3, -0.25) is 4.79 Å². The molecule has 1 N–H and O–H groups in total. The Morgan fingerprint density at radius 1 is 1.10 bits per heavy atom. The maximum absolute atomic E-state index is 13.9. The predicted molar refractivity (Wildman–Crippen MR) is 160 cm³/mol. The van der Waals surface area contributed by atoms with Gasteiger partial charge in [-0.05, 0) is 74.3 Å². The number of nitrogens with one attached hydrogen (secondary N) is 1. The highest BCUT2D eigenvalue weighted by molar-refractivity contribution is 7.17. The minimum absolute atomic E-state index is 0.246. The Labute approximate surface area is 234 Å². The van der Waals surface area contributed by atoms with Gasteiger partial charge < -0.3 is 10.1 Å². The fraction of sp³-hybridized carbons (Fsp3) is 0.364. The Kier molecular flexibility index (Phi) is 7.85. The van der Waals surface area contributed by atoms with Crippen LogP contribution < -0.4 is 5.32 Å². The van der Waals surface area contributed by atoms with Gasteiger partial charge in [0.15, 0.2) is 0 Å². The quantitative estimate of drug-likeness (QED) is 0.239. The van der Waals surface area contributed by atoms with Crippen LogP contribution in [0.25, 0.3) is 22.2 Å². The Morgan fingerprint density at radius 2 is 1.87 bits per heavy atom. The van der Waals surface area contributed by atoms with Crippen LogP contribution in [0, 0.1) is 12.8 Å². The van der Waals surface area contributed by atoms with Crippen molar-refractivity contribution in [2.45, 2.75) is 66.2 Å². The number of aryl methyl sites for hydroxylation is 1. The number of ether oxygens (including phenoxy) is 1. The van der Waals surface area contributed by atoms with Crippen LogP contribution in [0.15, 0.2) is 48.5 Å². The van der Waals surface area contributed by atoms with Crippen LogP contribution in [0.2, 0.25) is 0 Å². The molecule has 1 aliphatic rings. The second-order valence-corrected chi connectivity index (χ2v) is 11.9. The third-order valence-electron chi connectivity index (χ3n) is 7.73. The van der Waals surface area contributed by atoms with Crippen molar-refractivity contribution in [1.29, 1.82) is 0 Å². The number of fused-ring (bicyclic) bond motifs is 2. The van der Waals surface area contributed by atoms with E-state index in [1.165, 1.54) is 21.8 Å². The van der Waals surface area contributed by atoms with Crippen LogP contribution in [-0.4, -0.2) is 23.5 Å². The summed E-state index contributed by atoms with van der Waals surface area (Å²) < 4.78 is 5.43. The van der Waals surface area contributed by atoms with Crippen LogP contribution in [0.5, 0.6) is 0 Å². The van der Waals surface area contributed by atoms with E-state index in [0.717, 1.165) is 59.0 Å². The minimum Gasteiger partial charge on any atom is -0.462 e. The second-order valence-electron chi connectivity index (χ2n) is 10.8. The number of carbonyl (C=O) groups is 2. The highest BCUT2D eigenvalue weighted by Crippen LogP contribution is 2.41. The van der Waals surface area contributed by atoms with Crippen LogP contribution >= 0.6 is 11.3 Å². The van der Waals surface area contributed by atoms with E-state index in [2.05, 4.69) is 50.4 Å². The van der Waals surface area contributed by atoms with Crippen molar-refractivity contribution in [2.75, 3.05) is 11.9 Å². The number of hydrogen-bond acceptors (Lipinski definition) is 5. The lowest BCUT2D eigenvalue weighted by atomic mass is 9.85. The predicted octanol–water partition coefficient (Wildman–Crippen LogP) is 8.34. The lowest BCUT2D eigenvalue weighted by molar-refractivity contribution is 0.0526. The molecule has 1 atom stereocenters. The van der Waals surface area contributed by atoms with Gasteiger partial charge in [0.25, 0.3) is 5.91 Å². The number of esters is 1. The van der Waals surface area contributed by atoms with E-state index < -0.39 is 0 Å². The number of amides is 1. The van der Waals surface area contributed by atoms with Gasteiger partial charge in [-0.15, -0.1) is 11.3 Å². The molecular weight excluding hydrogens is 504 g/mol. The molecule has 1 aliphatic carbocycles. The molecule has 2 heterocycles. The van der Waals surface area contributed by atoms with Crippen molar-refractivity contribution in [3.63, 3.8) is 0 Å². The zero-order valence-corrected chi connectivity index (χ0v) is 24.2. The highest BCUT2D eigenvalue weighted by atomic mass is 32.1. The highest BCUT2D eigenvalue weighted by Gasteiger charge is 2.30. The average Bonchev–Trinajstić information content (AvgIpc) is 3.29. The molecule has 6 heteroatoms. The Bertz CT molecular complexity index is 1540. The van der Waals surface area contributed by atoms with Crippen molar-refractivity contribution >= 4 is 39.1 Å². The summed E-state index contributed by atoms with van der Waals surface area (Å²) in [4.78, 5) is 33.1. The van der Waals surface area contributed by atoms with E-state index in [-0.39, 0.29) is 11.9 Å². The minimum atomic E-state index is -0.360. The number of carbonyl (C=O) groups excluding carboxylic acids is 2. The Balaban J connectivity index is 1.57. The van der Waals surface area contributed by atoms with Crippen LogP contribution in [-0.2, 0) is 17.6 Å². The van der Waals surface area contributed by atoms with Crippen molar-refractivity contribution in [2.24, 2.45) is 5.92 Å². The summed E-state index contributed by atoms with van der Waals surface area (Å²) in [6.45, 7) is 10.7. The number of rotatable bonds is 7. The monoisotopic (exact) mass is 540 g/mol. The molecule has 2 aromatic carbocycles. The summed E-state index contributed by atoms with van der Waals surface area (Å²) in [7, 11) is 0. The van der Waals surface area contributed by atoms with Gasteiger partial charge in [-0.25, -0.2) is 9.78 Å². The van der Waals surface area contributed by atoms with Gasteiger partial charge in [-0.2, -0.15) is 0 Å². The molecule has 202 valence electrons. The Hall–Kier alpha value is -3.51. The number of aromatic nitrogens is 1. The molecule has 2 aromatic heterocycles. The van der Waals surface area contributed by atoms with Crippen molar-refractivity contribution < 1.29 is 14.3 Å². The number of nitrogens with zero attached hydrogens (tertiary/aromatic N) is 1. The zero-order valence-electron chi connectivity index (χ0n) is 23.4. The molecule has 39 heavy (non-hydrogen) atoms. The summed E-state index contributed by atoms with van der Waals surface area (Å²) in [6, 6.07) is 16.2. The molecular formula is C33H36N2O3S. The lowest BCUT2D eigenvalue weighted by Crippen LogP contribution is -2.17. The number of pyridine rings is 1. The van der Waals surface area contributed by atoms with Gasteiger partial charge in [0.1, 0.15) is 5.00 Å². The molecule has 0 bridgehead atoms. The molecule has 1 amide bonds. The third-order valence-corrected chi connectivity index (χ3v) is 8.90. The molecule has 5 nitrogen and oxygen atoms in total. The summed E-state index contributed by atoms with van der Waals surface area (Å²) in [5, 5.41) is 4.50. The normalized spacial score (nSPS) is 14.9. The summed E-state index contributed by atoms with van der Waals surface area (Å²) in [5.74, 6) is 0.433. The molecule has 0 fully saturated rings. The van der Waals surface area contributed by atoms with Gasteiger partial charge in [0.05, 0.1) is 28.9 Å². The SMILES string of the molecule is CCOC(=O)c1c(NC(=O)c2cc(-c3ccc(C(C)C)cc3)nc3ccc(C)cc23)sc2c1CCC(CC)C2. The van der Waals surface area contributed by atoms with Crippen molar-refractivity contribution in [3.8, 4) is 11.3 Å². The maximum Gasteiger partial charge on any atom is 0.341 e. The largest absolute Gasteiger partial charge is 0.462 e. The first-order valence-corrected chi connectivity index (χ1v) is 14.7. The van der Waals surface area contributed by atoms with Gasteiger partial charge in [0, 0.05) is 15.8 Å². The van der Waals surface area contributed by atoms with E-state index in [1.807, 2.05) is 38.1 Å². The number of anilines is 1. The first kappa shape index (κ1) is 27.1. The molecule has 0 aliphatic heterocycles. The van der Waals surface area contributed by atoms with E-state index in [9.17, 15) is 9.59 Å². The van der Waals surface area contributed by atoms with E-state index >= 15 is 0 Å². The lowest BCUT2D eigenvalue weighted by Gasteiger charge is -2.20. The van der Waals surface area contributed by atoms with E-state index in [0.29, 0.717) is 34.6 Å². The second kappa shape index (κ2) is 11.3. The number of hydrogen-bond donors (Lipinski definition) is 1. The smallest absolute Gasteiger partial charge is 0.341 e. The topological polar surface area (TPSA) is 68.3 Å². The fourth-order valence-corrected chi connectivity index (χ4v) is 6.74.